The van der Waals surface area contributed by atoms with Crippen molar-refractivity contribution < 1.29 is 15.1 Å². The highest BCUT2D eigenvalue weighted by molar-refractivity contribution is 5.79. The minimum absolute atomic E-state index is 0. The van der Waals surface area contributed by atoms with E-state index in [4.69, 9.17) is 0 Å². The lowest BCUT2D eigenvalue weighted by Crippen LogP contribution is -2.36. The van der Waals surface area contributed by atoms with Crippen LogP contribution in [0.2, 0.25) is 0 Å². The van der Waals surface area contributed by atoms with Gasteiger partial charge in [-0.05, 0) is 12.8 Å². The predicted octanol–water partition coefficient (Wildman–Crippen LogP) is -0.191. The molecule has 1 aliphatic carbocycles. The number of rotatable bonds is 1. The molecule has 1 rings (SSSR count). The fraction of sp³-hybridized carbons (Fsp3) is 0.750. The number of carbonyl (C=O) groups excluding carboxylic acids is 2. The van der Waals surface area contributed by atoms with Crippen molar-refractivity contribution in [2.24, 2.45) is 0 Å². The van der Waals surface area contributed by atoms with Crippen LogP contribution in [0, 0.1) is 0 Å². The van der Waals surface area contributed by atoms with Crippen LogP contribution in [-0.4, -0.2) is 23.2 Å². The highest BCUT2D eigenvalue weighted by Crippen LogP contribution is 2.14. The monoisotopic (exact) mass is 173 g/mol. The average molecular weight is 173 g/mol. The highest BCUT2D eigenvalue weighted by atomic mass is 16.1. The normalized spacial score (nSPS) is 18.2. The van der Waals surface area contributed by atoms with Gasteiger partial charge in [-0.15, -0.1) is 0 Å². The van der Waals surface area contributed by atoms with Gasteiger partial charge >= 0.3 is 0 Å². The number of carbonyl (C=O) groups is 2. The summed E-state index contributed by atoms with van der Waals surface area (Å²) in [4.78, 5) is 21.4. The van der Waals surface area contributed by atoms with E-state index >= 15 is 0 Å². The lowest BCUT2D eigenvalue weighted by molar-refractivity contribution is -0.123. The lowest BCUT2D eigenvalue weighted by atomic mass is 9.94. The molecular formula is C8H15NO3. The molecular weight excluding hydrogens is 158 g/mol. The van der Waals surface area contributed by atoms with Gasteiger partial charge in [0.05, 0.1) is 0 Å². The number of Topliss-reactive ketones (excluding diaryl/α,β-unsaturated/α-hetero) is 1. The molecule has 1 amide bonds. The summed E-state index contributed by atoms with van der Waals surface area (Å²) in [5.74, 6) is 0.330. The Morgan fingerprint density at radius 3 is 2.33 bits per heavy atom. The van der Waals surface area contributed by atoms with Gasteiger partial charge < -0.3 is 10.8 Å². The Balaban J connectivity index is 0.00000121. The molecule has 0 bridgehead atoms. The molecule has 0 radical (unpaired) electrons. The maximum Gasteiger partial charge on any atom is 0.217 e. The van der Waals surface area contributed by atoms with Gasteiger partial charge in [0.15, 0.2) is 0 Å². The zero-order valence-electron chi connectivity index (χ0n) is 7.22. The second kappa shape index (κ2) is 4.87. The first kappa shape index (κ1) is 11.1. The molecule has 0 heterocycles. The van der Waals surface area contributed by atoms with Gasteiger partial charge in [-0.3, -0.25) is 9.59 Å². The first-order chi connectivity index (χ1) is 5.18. The largest absolute Gasteiger partial charge is 0.412 e. The van der Waals surface area contributed by atoms with E-state index in [-0.39, 0.29) is 17.4 Å². The summed E-state index contributed by atoms with van der Waals surface area (Å²) in [6.07, 6.45) is 2.90. The molecule has 0 unspecified atom stereocenters. The molecule has 4 nitrogen and oxygen atoms in total. The minimum Gasteiger partial charge on any atom is -0.412 e. The standard InChI is InChI=1S/C8H13NO2.H2O/c1-6(10)9-7-2-4-8(11)5-3-7;/h7H,2-5H2,1H3,(H,9,10);1H2. The van der Waals surface area contributed by atoms with Crippen LogP contribution in [0.25, 0.3) is 0 Å². The Hall–Kier alpha value is -0.900. The van der Waals surface area contributed by atoms with Gasteiger partial charge in [0.2, 0.25) is 5.91 Å². The van der Waals surface area contributed by atoms with Crippen molar-refractivity contribution in [2.45, 2.75) is 38.6 Å². The van der Waals surface area contributed by atoms with Gasteiger partial charge in [0.25, 0.3) is 0 Å². The van der Waals surface area contributed by atoms with Gasteiger partial charge in [-0.25, -0.2) is 0 Å². The van der Waals surface area contributed by atoms with E-state index in [1.165, 1.54) is 6.92 Å². The Bertz CT molecular complexity index is 169. The molecule has 1 saturated carbocycles. The van der Waals surface area contributed by atoms with E-state index in [1.807, 2.05) is 0 Å². The molecule has 1 fully saturated rings. The van der Waals surface area contributed by atoms with Crippen molar-refractivity contribution in [3.05, 3.63) is 0 Å². The lowest BCUT2D eigenvalue weighted by Gasteiger charge is -2.21. The zero-order chi connectivity index (χ0) is 8.27. The second-order valence-corrected chi connectivity index (χ2v) is 3.01. The van der Waals surface area contributed by atoms with Crippen LogP contribution in [0.4, 0.5) is 0 Å². The first-order valence-corrected chi connectivity index (χ1v) is 3.97. The van der Waals surface area contributed by atoms with E-state index in [0.29, 0.717) is 18.6 Å². The van der Waals surface area contributed by atoms with Gasteiger partial charge in [-0.1, -0.05) is 0 Å². The molecule has 12 heavy (non-hydrogen) atoms. The summed E-state index contributed by atoms with van der Waals surface area (Å²) in [6, 6.07) is 0.241. The van der Waals surface area contributed by atoms with Crippen LogP contribution >= 0.6 is 0 Å². The van der Waals surface area contributed by atoms with E-state index < -0.39 is 0 Å². The summed E-state index contributed by atoms with van der Waals surface area (Å²) in [6.45, 7) is 1.51. The third-order valence-corrected chi connectivity index (χ3v) is 1.95. The van der Waals surface area contributed by atoms with Crippen molar-refractivity contribution in [3.63, 3.8) is 0 Å². The SMILES string of the molecule is CC(=O)NC1CCC(=O)CC1.O. The first-order valence-electron chi connectivity index (χ1n) is 3.97. The van der Waals surface area contributed by atoms with Gasteiger partial charge in [-0.2, -0.15) is 0 Å². The number of nitrogens with one attached hydrogen (secondary N) is 1. The average Bonchev–Trinajstić information content (AvgIpc) is 1.93. The van der Waals surface area contributed by atoms with Crippen LogP contribution in [0.3, 0.4) is 0 Å². The maximum absolute atomic E-state index is 10.8. The van der Waals surface area contributed by atoms with E-state index in [1.54, 1.807) is 0 Å². The molecule has 3 N–H and O–H groups in total. The molecule has 0 aromatic rings. The molecule has 0 aromatic carbocycles. The number of amides is 1. The molecule has 0 aromatic heterocycles. The maximum atomic E-state index is 10.8. The van der Waals surface area contributed by atoms with Crippen LogP contribution in [0.5, 0.6) is 0 Å². The molecule has 0 saturated heterocycles. The Kier molecular flexibility index (Phi) is 4.51. The topological polar surface area (TPSA) is 77.7 Å². The molecule has 4 heteroatoms. The van der Waals surface area contributed by atoms with E-state index in [2.05, 4.69) is 5.32 Å². The summed E-state index contributed by atoms with van der Waals surface area (Å²) >= 11 is 0. The Labute approximate surface area is 71.6 Å². The van der Waals surface area contributed by atoms with Crippen molar-refractivity contribution in [3.8, 4) is 0 Å². The quantitative estimate of drug-likeness (QED) is 0.596. The van der Waals surface area contributed by atoms with Crippen molar-refractivity contribution in [1.82, 2.24) is 5.32 Å². The van der Waals surface area contributed by atoms with Gasteiger partial charge in [0.1, 0.15) is 5.78 Å². The summed E-state index contributed by atoms with van der Waals surface area (Å²) in [5.41, 5.74) is 0. The molecule has 0 aliphatic heterocycles. The second-order valence-electron chi connectivity index (χ2n) is 3.01. The number of hydrogen-bond donors (Lipinski definition) is 1. The fourth-order valence-electron chi connectivity index (χ4n) is 1.37. The van der Waals surface area contributed by atoms with Crippen molar-refractivity contribution >= 4 is 11.7 Å². The number of ketones is 1. The van der Waals surface area contributed by atoms with Crippen LogP contribution < -0.4 is 5.32 Å². The summed E-state index contributed by atoms with van der Waals surface area (Å²) in [5, 5.41) is 2.81. The fourth-order valence-corrected chi connectivity index (χ4v) is 1.37. The Morgan fingerprint density at radius 1 is 1.42 bits per heavy atom. The van der Waals surface area contributed by atoms with Crippen LogP contribution in [-0.2, 0) is 9.59 Å². The third-order valence-electron chi connectivity index (χ3n) is 1.95. The molecule has 0 atom stereocenters. The van der Waals surface area contributed by atoms with E-state index in [0.717, 1.165) is 12.8 Å². The summed E-state index contributed by atoms with van der Waals surface area (Å²) in [7, 11) is 0. The predicted molar refractivity (Wildman–Crippen MR) is 44.7 cm³/mol. The molecule has 70 valence electrons. The molecule has 1 aliphatic rings. The number of hydrogen-bond acceptors (Lipinski definition) is 2. The van der Waals surface area contributed by atoms with Gasteiger partial charge in [0, 0.05) is 25.8 Å². The minimum atomic E-state index is 0. The van der Waals surface area contributed by atoms with Crippen LogP contribution in [0.15, 0.2) is 0 Å². The summed E-state index contributed by atoms with van der Waals surface area (Å²) < 4.78 is 0. The zero-order valence-corrected chi connectivity index (χ0v) is 7.22. The van der Waals surface area contributed by atoms with Crippen molar-refractivity contribution in [2.75, 3.05) is 0 Å². The van der Waals surface area contributed by atoms with Crippen molar-refractivity contribution in [1.29, 1.82) is 0 Å². The smallest absolute Gasteiger partial charge is 0.217 e. The third kappa shape index (κ3) is 3.48. The van der Waals surface area contributed by atoms with Crippen LogP contribution in [0.1, 0.15) is 32.6 Å². The van der Waals surface area contributed by atoms with E-state index in [9.17, 15) is 9.59 Å². The highest BCUT2D eigenvalue weighted by Gasteiger charge is 2.18. The Morgan fingerprint density at radius 2 is 1.92 bits per heavy atom. The molecule has 0 spiro atoms.